The first kappa shape index (κ1) is 21.0. The second-order valence-electron chi connectivity index (χ2n) is 5.40. The molecule has 24 heavy (non-hydrogen) atoms. The van der Waals surface area contributed by atoms with Crippen molar-refractivity contribution in [3.63, 3.8) is 0 Å². The van der Waals surface area contributed by atoms with Crippen molar-refractivity contribution in [2.45, 2.75) is 13.1 Å². The largest absolute Gasteiger partial charge is 0.354 e. The lowest BCUT2D eigenvalue weighted by Crippen LogP contribution is -2.38. The molecule has 0 unspecified atom stereocenters. The van der Waals surface area contributed by atoms with Crippen LogP contribution < -0.4 is 10.2 Å². The molecule has 2 aromatic rings. The Hall–Kier alpha value is -1.06. The normalized spacial score (nSPS) is 11.0. The van der Waals surface area contributed by atoms with E-state index in [0.29, 0.717) is 6.54 Å². The quantitative estimate of drug-likeness (QED) is 0.404. The van der Waals surface area contributed by atoms with Gasteiger partial charge in [-0.2, -0.15) is 0 Å². The van der Waals surface area contributed by atoms with Crippen LogP contribution in [0.4, 0.5) is 5.13 Å². The van der Waals surface area contributed by atoms with Gasteiger partial charge in [-0.3, -0.25) is 4.99 Å². The van der Waals surface area contributed by atoms with E-state index in [1.165, 1.54) is 0 Å². The van der Waals surface area contributed by atoms with Crippen LogP contribution in [0.5, 0.6) is 0 Å². The summed E-state index contributed by atoms with van der Waals surface area (Å²) in [6, 6.07) is 7.86. The summed E-state index contributed by atoms with van der Waals surface area (Å²) in [5.74, 6) is 0.823. The Kier molecular flexibility index (Phi) is 8.79. The Bertz CT molecular complexity index is 674. The fourth-order valence-electron chi connectivity index (χ4n) is 2.12. The van der Waals surface area contributed by atoms with E-state index in [1.54, 1.807) is 18.4 Å². The van der Waals surface area contributed by atoms with E-state index < -0.39 is 0 Å². The first-order chi connectivity index (χ1) is 11.0. The van der Waals surface area contributed by atoms with E-state index in [2.05, 4.69) is 31.6 Å². The third kappa shape index (κ3) is 6.10. The molecule has 132 valence electrons. The van der Waals surface area contributed by atoms with Crippen molar-refractivity contribution < 1.29 is 0 Å². The molecule has 5 nitrogen and oxygen atoms in total. The molecule has 0 aliphatic rings. The number of benzene rings is 1. The minimum atomic E-state index is 0. The Morgan fingerprint density at radius 1 is 1.33 bits per heavy atom. The van der Waals surface area contributed by atoms with Gasteiger partial charge in [-0.1, -0.05) is 23.7 Å². The molecule has 0 spiro atoms. The predicted octanol–water partition coefficient (Wildman–Crippen LogP) is 3.69. The number of hydrogen-bond acceptors (Lipinski definition) is 4. The summed E-state index contributed by atoms with van der Waals surface area (Å²) in [5.41, 5.74) is 2.16. The zero-order chi connectivity index (χ0) is 16.8. The van der Waals surface area contributed by atoms with Crippen molar-refractivity contribution >= 4 is 58.0 Å². The molecule has 0 bridgehead atoms. The number of guanidine groups is 1. The van der Waals surface area contributed by atoms with Crippen LogP contribution in [0.25, 0.3) is 0 Å². The van der Waals surface area contributed by atoms with Crippen molar-refractivity contribution in [2.24, 2.45) is 4.99 Å². The maximum absolute atomic E-state index is 6.04. The average molecular weight is 480 g/mol. The molecular formula is C16H23ClIN5S. The van der Waals surface area contributed by atoms with Crippen LogP contribution >= 0.6 is 46.9 Å². The van der Waals surface area contributed by atoms with Gasteiger partial charge in [0.2, 0.25) is 0 Å². The molecule has 0 aliphatic carbocycles. The van der Waals surface area contributed by atoms with Crippen molar-refractivity contribution in [3.8, 4) is 0 Å². The predicted molar refractivity (Wildman–Crippen MR) is 115 cm³/mol. The molecule has 1 N–H and O–H groups in total. The lowest BCUT2D eigenvalue weighted by molar-refractivity contribution is 0.476. The summed E-state index contributed by atoms with van der Waals surface area (Å²) in [4.78, 5) is 13.0. The summed E-state index contributed by atoms with van der Waals surface area (Å²) in [6.07, 6.45) is 0. The van der Waals surface area contributed by atoms with E-state index in [1.807, 2.05) is 44.2 Å². The van der Waals surface area contributed by atoms with Crippen LogP contribution in [0.2, 0.25) is 5.02 Å². The molecule has 0 radical (unpaired) electrons. The van der Waals surface area contributed by atoms with Gasteiger partial charge in [0, 0.05) is 45.1 Å². The van der Waals surface area contributed by atoms with Crippen molar-refractivity contribution in [3.05, 3.63) is 45.9 Å². The molecule has 1 heterocycles. The summed E-state index contributed by atoms with van der Waals surface area (Å²) in [6.45, 7) is 1.39. The molecular weight excluding hydrogens is 457 g/mol. The number of anilines is 1. The molecule has 1 aromatic heterocycles. The van der Waals surface area contributed by atoms with Gasteiger partial charge in [-0.15, -0.1) is 35.3 Å². The van der Waals surface area contributed by atoms with Crippen molar-refractivity contribution in [1.82, 2.24) is 15.2 Å². The van der Waals surface area contributed by atoms with E-state index in [4.69, 9.17) is 11.6 Å². The second-order valence-corrected chi connectivity index (χ2v) is 6.68. The second kappa shape index (κ2) is 10.0. The maximum atomic E-state index is 6.04. The minimum absolute atomic E-state index is 0. The number of halogens is 2. The third-order valence-electron chi connectivity index (χ3n) is 3.23. The van der Waals surface area contributed by atoms with Gasteiger partial charge < -0.3 is 15.1 Å². The van der Waals surface area contributed by atoms with Gasteiger partial charge in [0.25, 0.3) is 0 Å². The minimum Gasteiger partial charge on any atom is -0.354 e. The zero-order valence-corrected chi connectivity index (χ0v) is 18.2. The number of rotatable bonds is 5. The smallest absolute Gasteiger partial charge is 0.194 e. The topological polar surface area (TPSA) is 43.8 Å². The van der Waals surface area contributed by atoms with Gasteiger partial charge in [-0.05, 0) is 17.7 Å². The van der Waals surface area contributed by atoms with Crippen LogP contribution in [0, 0.1) is 0 Å². The maximum Gasteiger partial charge on any atom is 0.194 e. The van der Waals surface area contributed by atoms with E-state index in [-0.39, 0.29) is 24.0 Å². The SMILES string of the molecule is CN=C(NCc1csc(N(C)C)n1)N(C)Cc1cccc(Cl)c1.I. The zero-order valence-electron chi connectivity index (χ0n) is 14.3. The fraction of sp³-hybridized carbons (Fsp3) is 0.375. The molecule has 0 saturated carbocycles. The molecule has 0 fully saturated rings. The van der Waals surface area contributed by atoms with E-state index in [0.717, 1.165) is 33.9 Å². The molecule has 0 aliphatic heterocycles. The standard InChI is InChI=1S/C16H22ClN5S.HI/c1-18-15(19-9-14-11-23-16(20-14)21(2)3)22(4)10-12-6-5-7-13(17)8-12;/h5-8,11H,9-10H2,1-4H3,(H,18,19);1H. The highest BCUT2D eigenvalue weighted by Gasteiger charge is 2.09. The molecule has 1 aromatic carbocycles. The number of aliphatic imine (C=N–C) groups is 1. The van der Waals surface area contributed by atoms with Crippen LogP contribution in [0.15, 0.2) is 34.6 Å². The Balaban J connectivity index is 0.00000288. The monoisotopic (exact) mass is 479 g/mol. The number of nitrogens with zero attached hydrogens (tertiary/aromatic N) is 4. The van der Waals surface area contributed by atoms with E-state index >= 15 is 0 Å². The van der Waals surface area contributed by atoms with Crippen molar-refractivity contribution in [2.75, 3.05) is 33.1 Å². The van der Waals surface area contributed by atoms with Crippen LogP contribution in [0.1, 0.15) is 11.3 Å². The lowest BCUT2D eigenvalue weighted by atomic mass is 10.2. The third-order valence-corrected chi connectivity index (χ3v) is 4.52. The van der Waals surface area contributed by atoms with Crippen LogP contribution in [0.3, 0.4) is 0 Å². The van der Waals surface area contributed by atoms with Gasteiger partial charge in [0.15, 0.2) is 11.1 Å². The Labute approximate surface area is 169 Å². The van der Waals surface area contributed by atoms with E-state index in [9.17, 15) is 0 Å². The van der Waals surface area contributed by atoms with Crippen LogP contribution in [-0.4, -0.2) is 44.0 Å². The first-order valence-electron chi connectivity index (χ1n) is 7.27. The number of aromatic nitrogens is 1. The average Bonchev–Trinajstić information content (AvgIpc) is 2.97. The highest BCUT2D eigenvalue weighted by Crippen LogP contribution is 2.17. The number of nitrogens with one attached hydrogen (secondary N) is 1. The van der Waals surface area contributed by atoms with Crippen LogP contribution in [-0.2, 0) is 13.1 Å². The molecule has 0 amide bonds. The molecule has 0 atom stereocenters. The molecule has 8 heteroatoms. The summed E-state index contributed by atoms with van der Waals surface area (Å²) >= 11 is 7.67. The Morgan fingerprint density at radius 2 is 2.08 bits per heavy atom. The van der Waals surface area contributed by atoms with Gasteiger partial charge in [0.05, 0.1) is 12.2 Å². The summed E-state index contributed by atoms with van der Waals surface area (Å²) < 4.78 is 0. The van der Waals surface area contributed by atoms with Gasteiger partial charge in [-0.25, -0.2) is 4.98 Å². The van der Waals surface area contributed by atoms with Gasteiger partial charge in [0.1, 0.15) is 0 Å². The molecule has 2 rings (SSSR count). The summed E-state index contributed by atoms with van der Waals surface area (Å²) in [5, 5.41) is 7.15. The lowest BCUT2D eigenvalue weighted by Gasteiger charge is -2.22. The summed E-state index contributed by atoms with van der Waals surface area (Å²) in [7, 11) is 7.77. The van der Waals surface area contributed by atoms with Crippen molar-refractivity contribution in [1.29, 1.82) is 0 Å². The number of thiazole rings is 1. The highest BCUT2D eigenvalue weighted by molar-refractivity contribution is 14.0. The highest BCUT2D eigenvalue weighted by atomic mass is 127. The Morgan fingerprint density at radius 3 is 2.67 bits per heavy atom. The fourth-order valence-corrected chi connectivity index (χ4v) is 3.09. The van der Waals surface area contributed by atoms with Gasteiger partial charge >= 0.3 is 0 Å². The first-order valence-corrected chi connectivity index (χ1v) is 8.53. The number of hydrogen-bond donors (Lipinski definition) is 1. The molecule has 0 saturated heterocycles.